The number of hydrogen-bond donors (Lipinski definition) is 0. The van der Waals surface area contributed by atoms with Gasteiger partial charge in [-0.05, 0) is 36.1 Å². The second kappa shape index (κ2) is 9.90. The second-order valence-electron chi connectivity index (χ2n) is 7.26. The van der Waals surface area contributed by atoms with E-state index in [9.17, 15) is 14.4 Å². The van der Waals surface area contributed by atoms with Crippen molar-refractivity contribution in [1.82, 2.24) is 15.2 Å². The first kappa shape index (κ1) is 23.2. The summed E-state index contributed by atoms with van der Waals surface area (Å²) >= 11 is 13.9. The highest BCUT2D eigenvalue weighted by atomic mass is 35.5. The van der Waals surface area contributed by atoms with E-state index >= 15 is 0 Å². The van der Waals surface area contributed by atoms with E-state index < -0.39 is 17.8 Å². The first-order chi connectivity index (χ1) is 15.8. The summed E-state index contributed by atoms with van der Waals surface area (Å²) in [5.41, 5.74) is 1.42. The van der Waals surface area contributed by atoms with Crippen LogP contribution in [0, 0.1) is 0 Å². The molecule has 0 radical (unpaired) electrons. The fourth-order valence-corrected chi connectivity index (χ4v) is 4.53. The van der Waals surface area contributed by atoms with Crippen molar-refractivity contribution in [1.29, 1.82) is 0 Å². The summed E-state index contributed by atoms with van der Waals surface area (Å²) in [6.45, 7) is 0.475. The normalized spacial score (nSPS) is 13.6. The summed E-state index contributed by atoms with van der Waals surface area (Å²) in [5.74, 6) is -0.911. The number of rotatable bonds is 8. The van der Waals surface area contributed by atoms with Gasteiger partial charge in [-0.25, -0.2) is 4.79 Å². The molecule has 3 heterocycles. The molecule has 12 heteroatoms. The molecule has 0 N–H and O–H groups in total. The number of thiophene rings is 1. The van der Waals surface area contributed by atoms with Gasteiger partial charge in [-0.3, -0.25) is 9.59 Å². The number of hydroxylamine groups is 2. The number of halogens is 2. The third kappa shape index (κ3) is 5.18. The van der Waals surface area contributed by atoms with Gasteiger partial charge in [0.1, 0.15) is 4.88 Å². The zero-order chi connectivity index (χ0) is 23.5. The smallest absolute Gasteiger partial charge is 0.333 e. The van der Waals surface area contributed by atoms with Crippen LogP contribution in [0.15, 0.2) is 34.2 Å². The fourth-order valence-electron chi connectivity index (χ4n) is 3.21. The Kier molecular flexibility index (Phi) is 6.96. The molecule has 1 aliphatic heterocycles. The molecule has 9 nitrogen and oxygen atoms in total. The van der Waals surface area contributed by atoms with Crippen LogP contribution in [-0.4, -0.2) is 46.6 Å². The molecule has 3 aromatic rings. The summed E-state index contributed by atoms with van der Waals surface area (Å²) < 4.78 is 5.35. The lowest BCUT2D eigenvalue weighted by molar-refractivity contribution is -0.197. The van der Waals surface area contributed by atoms with E-state index in [1.807, 2.05) is 23.4 Å². The van der Waals surface area contributed by atoms with Crippen molar-refractivity contribution in [3.8, 4) is 22.2 Å². The van der Waals surface area contributed by atoms with Crippen LogP contribution in [0.3, 0.4) is 0 Å². The highest BCUT2D eigenvalue weighted by Gasteiger charge is 2.32. The molecule has 2 aromatic heterocycles. The molecule has 0 saturated carbocycles. The van der Waals surface area contributed by atoms with E-state index in [1.54, 1.807) is 18.2 Å². The molecule has 0 bridgehead atoms. The summed E-state index contributed by atoms with van der Waals surface area (Å²) in [5, 5.41) is 7.49. The minimum Gasteiger partial charge on any atom is -0.373 e. The van der Waals surface area contributed by atoms with E-state index in [1.165, 1.54) is 11.3 Å². The number of aromatic nitrogens is 2. The van der Waals surface area contributed by atoms with Crippen LogP contribution < -0.4 is 4.90 Å². The molecule has 0 unspecified atom stereocenters. The third-order valence-electron chi connectivity index (χ3n) is 4.93. The van der Waals surface area contributed by atoms with Crippen molar-refractivity contribution in [2.45, 2.75) is 25.7 Å². The van der Waals surface area contributed by atoms with Crippen molar-refractivity contribution in [3.63, 3.8) is 0 Å². The molecular weight excluding hydrogens is 491 g/mol. The first-order valence-corrected chi connectivity index (χ1v) is 11.6. The second-order valence-corrected chi connectivity index (χ2v) is 8.99. The number of carbonyl (C=O) groups is 3. The predicted molar refractivity (Wildman–Crippen MR) is 123 cm³/mol. The molecule has 33 heavy (non-hydrogen) atoms. The minimum absolute atomic E-state index is 0.0362. The van der Waals surface area contributed by atoms with Gasteiger partial charge < -0.3 is 14.3 Å². The Labute approximate surface area is 202 Å². The molecule has 2 amide bonds. The lowest BCUT2D eigenvalue weighted by Crippen LogP contribution is -2.32. The van der Waals surface area contributed by atoms with Gasteiger partial charge in [-0.2, -0.15) is 4.98 Å². The van der Waals surface area contributed by atoms with E-state index in [4.69, 9.17) is 32.6 Å². The molecule has 172 valence electrons. The predicted octanol–water partition coefficient (Wildman–Crippen LogP) is 4.60. The average molecular weight is 509 g/mol. The monoisotopic (exact) mass is 508 g/mol. The van der Waals surface area contributed by atoms with E-state index in [2.05, 4.69) is 10.1 Å². The molecule has 0 atom stereocenters. The van der Waals surface area contributed by atoms with Gasteiger partial charge in [-0.1, -0.05) is 28.4 Å². The highest BCUT2D eigenvalue weighted by molar-refractivity contribution is 7.14. The molecule has 0 spiro atoms. The Balaban J connectivity index is 1.38. The lowest BCUT2D eigenvalue weighted by atomic mass is 10.1. The maximum atomic E-state index is 12.0. The van der Waals surface area contributed by atoms with Crippen molar-refractivity contribution in [3.05, 3.63) is 39.7 Å². The van der Waals surface area contributed by atoms with Crippen LogP contribution in [0.1, 0.15) is 25.7 Å². The van der Waals surface area contributed by atoms with Gasteiger partial charge in [0.05, 0.1) is 15.7 Å². The van der Waals surface area contributed by atoms with Gasteiger partial charge >= 0.3 is 5.97 Å². The van der Waals surface area contributed by atoms with Crippen LogP contribution in [-0.2, 0) is 19.2 Å². The van der Waals surface area contributed by atoms with Crippen LogP contribution in [0.4, 0.5) is 5.69 Å². The largest absolute Gasteiger partial charge is 0.373 e. The molecule has 4 rings (SSSR count). The van der Waals surface area contributed by atoms with E-state index in [0.717, 1.165) is 0 Å². The number of amides is 2. The Morgan fingerprint density at radius 2 is 1.97 bits per heavy atom. The fraction of sp³-hybridized carbons (Fsp3) is 0.286. The Hall–Kier alpha value is -2.95. The number of carbonyl (C=O) groups excluding carboxylic acids is 3. The lowest BCUT2D eigenvalue weighted by Gasteiger charge is -2.21. The quantitative estimate of drug-likeness (QED) is 0.406. The molecule has 1 aromatic carbocycles. The Morgan fingerprint density at radius 1 is 1.21 bits per heavy atom. The number of imide groups is 1. The summed E-state index contributed by atoms with van der Waals surface area (Å²) in [7, 11) is 1.83. The topological polar surface area (TPSA) is 106 Å². The third-order valence-corrected chi connectivity index (χ3v) is 6.58. The van der Waals surface area contributed by atoms with Crippen LogP contribution in [0.25, 0.3) is 22.2 Å². The number of nitrogens with zero attached hydrogens (tertiary/aromatic N) is 4. The zero-order valence-corrected chi connectivity index (χ0v) is 19.7. The van der Waals surface area contributed by atoms with Crippen LogP contribution >= 0.6 is 34.5 Å². The van der Waals surface area contributed by atoms with Gasteiger partial charge in [0, 0.05) is 38.4 Å². The maximum absolute atomic E-state index is 12.0. The van der Waals surface area contributed by atoms with Crippen LogP contribution in [0.5, 0.6) is 0 Å². The van der Waals surface area contributed by atoms with Crippen LogP contribution in [0.2, 0.25) is 10.0 Å². The first-order valence-electron chi connectivity index (χ1n) is 9.98. The van der Waals surface area contributed by atoms with Crippen molar-refractivity contribution < 1.29 is 23.7 Å². The number of anilines is 1. The van der Waals surface area contributed by atoms with E-state index in [-0.39, 0.29) is 19.3 Å². The highest BCUT2D eigenvalue weighted by Crippen LogP contribution is 2.34. The molecule has 1 fully saturated rings. The Bertz CT molecular complexity index is 1190. The molecular formula is C21H18Cl2N4O5S. The summed E-state index contributed by atoms with van der Waals surface area (Å²) in [6, 6.07) is 7.10. The molecule has 0 aliphatic carbocycles. The Morgan fingerprint density at radius 3 is 2.67 bits per heavy atom. The molecule has 1 aliphatic rings. The van der Waals surface area contributed by atoms with Crippen molar-refractivity contribution in [2.24, 2.45) is 0 Å². The van der Waals surface area contributed by atoms with Gasteiger partial charge in [-0.15, -0.1) is 16.4 Å². The van der Waals surface area contributed by atoms with Gasteiger partial charge in [0.25, 0.3) is 17.7 Å². The zero-order valence-electron chi connectivity index (χ0n) is 17.4. The number of benzene rings is 1. The van der Waals surface area contributed by atoms with Crippen molar-refractivity contribution >= 4 is 58.0 Å². The van der Waals surface area contributed by atoms with Gasteiger partial charge in [0.15, 0.2) is 0 Å². The summed E-state index contributed by atoms with van der Waals surface area (Å²) in [4.78, 5) is 47.0. The maximum Gasteiger partial charge on any atom is 0.333 e. The summed E-state index contributed by atoms with van der Waals surface area (Å²) in [6.07, 6.45) is 0.585. The minimum atomic E-state index is -0.640. The SMILES string of the molecule is CN(CCCC(=O)ON1C(=O)CCC1=O)c1cc(-c2noc(-c3sccc3Cl)n2)ccc1Cl. The standard InChI is InChI=1S/C21H18Cl2N4O5S/c1-26(9-2-3-18(30)32-27-16(28)6-7-17(27)29)15-11-12(4-5-13(15)22)20-24-21(31-25-20)19-14(23)8-10-33-19/h4-5,8,10-11H,2-3,6-7,9H2,1H3. The molecule has 1 saturated heterocycles. The van der Waals surface area contributed by atoms with Crippen molar-refractivity contribution in [2.75, 3.05) is 18.5 Å². The number of hydrogen-bond acceptors (Lipinski definition) is 9. The van der Waals surface area contributed by atoms with Gasteiger partial charge in [0.2, 0.25) is 5.82 Å². The average Bonchev–Trinajstić information content (AvgIpc) is 3.51. The van der Waals surface area contributed by atoms with E-state index in [0.29, 0.717) is 55.9 Å².